The summed E-state index contributed by atoms with van der Waals surface area (Å²) < 4.78 is 1.71. The molecule has 0 unspecified atom stereocenters. The molecule has 3 aliphatic rings. The zero-order valence-electron chi connectivity index (χ0n) is 14.2. The Bertz CT molecular complexity index is 641. The summed E-state index contributed by atoms with van der Waals surface area (Å²) in [6, 6.07) is 0.678. The molecule has 7 nitrogen and oxygen atoms in total. The lowest BCUT2D eigenvalue weighted by Gasteiger charge is -2.36. The van der Waals surface area contributed by atoms with E-state index in [9.17, 15) is 9.59 Å². The van der Waals surface area contributed by atoms with Gasteiger partial charge in [-0.2, -0.15) is 0 Å². The average Bonchev–Trinajstić information content (AvgIpc) is 3.28. The Labute approximate surface area is 142 Å². The first-order valence-electron chi connectivity index (χ1n) is 9.03. The summed E-state index contributed by atoms with van der Waals surface area (Å²) in [7, 11) is 0. The first kappa shape index (κ1) is 15.5. The second-order valence-electron chi connectivity index (χ2n) is 7.19. The van der Waals surface area contributed by atoms with Crippen molar-refractivity contribution >= 4 is 12.1 Å². The highest BCUT2D eigenvalue weighted by atomic mass is 16.2. The predicted molar refractivity (Wildman–Crippen MR) is 88.7 cm³/mol. The van der Waals surface area contributed by atoms with Crippen LogP contribution in [0.15, 0.2) is 6.20 Å². The van der Waals surface area contributed by atoms with Crippen LogP contribution in [0.4, 0.5) is 9.59 Å². The van der Waals surface area contributed by atoms with Gasteiger partial charge < -0.3 is 15.1 Å². The van der Waals surface area contributed by atoms with Crippen molar-refractivity contribution in [2.24, 2.45) is 0 Å². The van der Waals surface area contributed by atoms with E-state index < -0.39 is 0 Å². The van der Waals surface area contributed by atoms with Crippen molar-refractivity contribution in [1.82, 2.24) is 24.7 Å². The number of aryl methyl sites for hydroxylation is 1. The maximum absolute atomic E-state index is 12.6. The van der Waals surface area contributed by atoms with Crippen LogP contribution in [0.5, 0.6) is 0 Å². The molecular formula is C17H25N5O2. The van der Waals surface area contributed by atoms with Gasteiger partial charge in [0.15, 0.2) is 0 Å². The number of hydrogen-bond acceptors (Lipinski definition) is 3. The van der Waals surface area contributed by atoms with Crippen LogP contribution in [-0.4, -0.2) is 56.6 Å². The van der Waals surface area contributed by atoms with Crippen molar-refractivity contribution in [3.8, 4) is 0 Å². The number of nitrogens with one attached hydrogen (secondary N) is 1. The number of likely N-dealkylation sites (tertiary alicyclic amines) is 1. The highest BCUT2D eigenvalue weighted by Crippen LogP contribution is 2.26. The van der Waals surface area contributed by atoms with Gasteiger partial charge in [-0.05, 0) is 32.6 Å². The number of aromatic nitrogens is 2. The number of hydrogen-bond donors (Lipinski definition) is 1. The zero-order chi connectivity index (χ0) is 16.7. The largest absolute Gasteiger partial charge is 0.335 e. The molecule has 1 saturated heterocycles. The van der Waals surface area contributed by atoms with Crippen LogP contribution < -0.4 is 5.32 Å². The second kappa shape index (κ2) is 6.11. The maximum atomic E-state index is 12.6. The van der Waals surface area contributed by atoms with Gasteiger partial charge in [0.25, 0.3) is 0 Å². The quantitative estimate of drug-likeness (QED) is 0.902. The van der Waals surface area contributed by atoms with E-state index >= 15 is 0 Å². The summed E-state index contributed by atoms with van der Waals surface area (Å²) in [5.74, 6) is 0.755. The van der Waals surface area contributed by atoms with E-state index in [1.807, 2.05) is 16.7 Å². The number of carbonyl (C=O) groups excluding carboxylic acids is 2. The van der Waals surface area contributed by atoms with Gasteiger partial charge in [-0.3, -0.25) is 4.57 Å². The van der Waals surface area contributed by atoms with E-state index in [0.29, 0.717) is 12.6 Å². The fraction of sp³-hybridized carbons (Fsp3) is 0.706. The molecule has 2 fully saturated rings. The molecule has 3 heterocycles. The minimum absolute atomic E-state index is 0.0360. The molecule has 1 N–H and O–H groups in total. The third-order valence-electron chi connectivity index (χ3n) is 5.66. The van der Waals surface area contributed by atoms with Crippen molar-refractivity contribution in [2.75, 3.05) is 13.1 Å². The molecule has 130 valence electrons. The number of amides is 3. The SMILES string of the molecule is Cc1ncc2n1C(=O)N(C1CCN(C(=O)NC3CCCC3)CC1)C2. The molecular weight excluding hydrogens is 306 g/mol. The number of fused-ring (bicyclic) bond motifs is 1. The molecule has 3 amide bonds. The minimum Gasteiger partial charge on any atom is -0.335 e. The summed E-state index contributed by atoms with van der Waals surface area (Å²) in [4.78, 5) is 33.0. The van der Waals surface area contributed by atoms with E-state index in [0.717, 1.165) is 50.3 Å². The Morgan fingerprint density at radius 1 is 1.21 bits per heavy atom. The van der Waals surface area contributed by atoms with Crippen LogP contribution in [0.25, 0.3) is 0 Å². The number of urea groups is 1. The Morgan fingerprint density at radius 3 is 2.58 bits per heavy atom. The molecule has 0 radical (unpaired) electrons. The molecule has 7 heteroatoms. The molecule has 0 atom stereocenters. The maximum Gasteiger partial charge on any atom is 0.330 e. The first-order chi connectivity index (χ1) is 11.6. The topological polar surface area (TPSA) is 70.5 Å². The predicted octanol–water partition coefficient (Wildman–Crippen LogP) is 2.09. The lowest BCUT2D eigenvalue weighted by atomic mass is 10.0. The summed E-state index contributed by atoms with van der Waals surface area (Å²) in [5.41, 5.74) is 0.971. The van der Waals surface area contributed by atoms with Crippen molar-refractivity contribution in [1.29, 1.82) is 0 Å². The molecule has 1 saturated carbocycles. The monoisotopic (exact) mass is 331 g/mol. The van der Waals surface area contributed by atoms with Crippen LogP contribution in [-0.2, 0) is 6.54 Å². The van der Waals surface area contributed by atoms with Gasteiger partial charge in [0.05, 0.1) is 18.4 Å². The minimum atomic E-state index is 0.0360. The van der Waals surface area contributed by atoms with Gasteiger partial charge in [-0.25, -0.2) is 14.6 Å². The Morgan fingerprint density at radius 2 is 1.92 bits per heavy atom. The van der Waals surface area contributed by atoms with Crippen molar-refractivity contribution in [3.63, 3.8) is 0 Å². The van der Waals surface area contributed by atoms with Gasteiger partial charge in [-0.15, -0.1) is 0 Å². The van der Waals surface area contributed by atoms with Crippen LogP contribution in [0.1, 0.15) is 50.0 Å². The number of imidazole rings is 1. The van der Waals surface area contributed by atoms with Gasteiger partial charge in [0, 0.05) is 25.2 Å². The summed E-state index contributed by atoms with van der Waals surface area (Å²) in [6.45, 7) is 3.94. The highest BCUT2D eigenvalue weighted by molar-refractivity contribution is 5.81. The molecule has 1 aliphatic carbocycles. The normalized spacial score (nSPS) is 22.3. The second-order valence-corrected chi connectivity index (χ2v) is 7.19. The van der Waals surface area contributed by atoms with E-state index in [1.54, 1.807) is 10.8 Å². The van der Waals surface area contributed by atoms with E-state index in [2.05, 4.69) is 10.3 Å². The Balaban J connectivity index is 1.32. The number of carbonyl (C=O) groups is 2. The average molecular weight is 331 g/mol. The third-order valence-corrected chi connectivity index (χ3v) is 5.66. The van der Waals surface area contributed by atoms with Gasteiger partial charge >= 0.3 is 12.1 Å². The molecule has 1 aromatic rings. The highest BCUT2D eigenvalue weighted by Gasteiger charge is 2.36. The number of rotatable bonds is 2. The standard InChI is InChI=1S/C17H25N5O2/c1-12-18-10-15-11-21(17(24)22(12)15)14-6-8-20(9-7-14)16(23)19-13-4-2-3-5-13/h10,13-14H,2-9,11H2,1H3,(H,19,23). The Hall–Kier alpha value is -2.05. The Kier molecular flexibility index (Phi) is 3.94. The molecule has 1 aromatic heterocycles. The van der Waals surface area contributed by atoms with Crippen molar-refractivity contribution < 1.29 is 9.59 Å². The van der Waals surface area contributed by atoms with Crippen molar-refractivity contribution in [3.05, 3.63) is 17.7 Å². The van der Waals surface area contributed by atoms with Crippen LogP contribution in [0, 0.1) is 6.92 Å². The zero-order valence-corrected chi connectivity index (χ0v) is 14.2. The fourth-order valence-corrected chi connectivity index (χ4v) is 4.24. The first-order valence-corrected chi connectivity index (χ1v) is 9.03. The van der Waals surface area contributed by atoms with Crippen LogP contribution in [0.3, 0.4) is 0 Å². The van der Waals surface area contributed by atoms with Crippen molar-refractivity contribution in [2.45, 2.75) is 64.1 Å². The smallest absolute Gasteiger partial charge is 0.330 e. The van der Waals surface area contributed by atoms with Gasteiger partial charge in [-0.1, -0.05) is 12.8 Å². The fourth-order valence-electron chi connectivity index (χ4n) is 4.24. The molecule has 0 spiro atoms. The van der Waals surface area contributed by atoms with Crippen LogP contribution in [0.2, 0.25) is 0 Å². The van der Waals surface area contributed by atoms with E-state index in [-0.39, 0.29) is 18.1 Å². The number of nitrogens with zero attached hydrogens (tertiary/aromatic N) is 4. The van der Waals surface area contributed by atoms with E-state index in [4.69, 9.17) is 0 Å². The molecule has 4 rings (SSSR count). The third kappa shape index (κ3) is 2.65. The lowest BCUT2D eigenvalue weighted by Crippen LogP contribution is -2.51. The van der Waals surface area contributed by atoms with Gasteiger partial charge in [0.1, 0.15) is 5.82 Å². The summed E-state index contributed by atoms with van der Waals surface area (Å²) in [5, 5.41) is 3.15. The van der Waals surface area contributed by atoms with Crippen LogP contribution >= 0.6 is 0 Å². The lowest BCUT2D eigenvalue weighted by molar-refractivity contribution is 0.131. The summed E-state index contributed by atoms with van der Waals surface area (Å²) in [6.07, 6.45) is 8.14. The molecule has 2 aliphatic heterocycles. The molecule has 0 aromatic carbocycles. The summed E-state index contributed by atoms with van der Waals surface area (Å²) >= 11 is 0. The molecule has 0 bridgehead atoms. The molecule has 24 heavy (non-hydrogen) atoms. The van der Waals surface area contributed by atoms with E-state index in [1.165, 1.54) is 12.8 Å². The number of piperidine rings is 1. The van der Waals surface area contributed by atoms with Gasteiger partial charge in [0.2, 0.25) is 0 Å².